The van der Waals surface area contributed by atoms with Crippen LogP contribution in [0.15, 0.2) is 30.3 Å². The molecule has 17 heavy (non-hydrogen) atoms. The van der Waals surface area contributed by atoms with Crippen molar-refractivity contribution in [2.45, 2.75) is 6.54 Å². The Morgan fingerprint density at radius 2 is 2.12 bits per heavy atom. The number of ether oxygens (including phenoxy) is 1. The van der Waals surface area contributed by atoms with Crippen LogP contribution in [0.5, 0.6) is 0 Å². The van der Waals surface area contributed by atoms with E-state index >= 15 is 0 Å². The molecule has 5 nitrogen and oxygen atoms in total. The Balaban J connectivity index is 2.31. The fraction of sp³-hybridized carbons (Fsp3) is 0.250. The zero-order chi connectivity index (χ0) is 12.1. The molecule has 1 heterocycles. The van der Waals surface area contributed by atoms with Gasteiger partial charge < -0.3 is 4.74 Å². The molecule has 88 valence electrons. The minimum absolute atomic E-state index is 0.320. The van der Waals surface area contributed by atoms with Gasteiger partial charge in [0, 0.05) is 12.7 Å². The van der Waals surface area contributed by atoms with Crippen molar-refractivity contribution in [1.29, 1.82) is 0 Å². The number of aromatic nitrogens is 3. The van der Waals surface area contributed by atoms with Crippen LogP contribution in [0.2, 0.25) is 0 Å². The summed E-state index contributed by atoms with van der Waals surface area (Å²) < 4.78 is 6.51. The first-order valence-electron chi connectivity index (χ1n) is 5.29. The zero-order valence-corrected chi connectivity index (χ0v) is 9.54. The van der Waals surface area contributed by atoms with Gasteiger partial charge in [0.15, 0.2) is 17.9 Å². The van der Waals surface area contributed by atoms with Gasteiger partial charge in [-0.15, -0.1) is 0 Å². The van der Waals surface area contributed by atoms with E-state index in [1.807, 2.05) is 30.3 Å². The minimum atomic E-state index is 0.320. The molecule has 0 amide bonds. The first kappa shape index (κ1) is 11.5. The number of methoxy groups -OCH3 is 1. The molecule has 1 aromatic carbocycles. The summed E-state index contributed by atoms with van der Waals surface area (Å²) in [5.41, 5.74) is 0.895. The fourth-order valence-corrected chi connectivity index (χ4v) is 1.49. The molecule has 0 bridgehead atoms. The molecule has 0 N–H and O–H groups in total. The highest BCUT2D eigenvalue weighted by atomic mass is 16.5. The molecule has 0 spiro atoms. The van der Waals surface area contributed by atoms with E-state index < -0.39 is 0 Å². The molecular weight excluding hydrogens is 218 g/mol. The van der Waals surface area contributed by atoms with E-state index in [0.717, 1.165) is 5.56 Å². The van der Waals surface area contributed by atoms with E-state index in [1.54, 1.807) is 11.8 Å². The smallest absolute Gasteiger partial charge is 0.191 e. The SMILES string of the molecule is COCCn1nc(-c2ccccc2)nc1C=O. The van der Waals surface area contributed by atoms with E-state index in [4.69, 9.17) is 4.74 Å². The molecule has 0 aliphatic heterocycles. The Hall–Kier alpha value is -2.01. The minimum Gasteiger partial charge on any atom is -0.383 e. The summed E-state index contributed by atoms with van der Waals surface area (Å²) in [5, 5.41) is 4.28. The first-order chi connectivity index (χ1) is 8.35. The highest BCUT2D eigenvalue weighted by molar-refractivity contribution is 5.70. The van der Waals surface area contributed by atoms with Gasteiger partial charge in [-0.2, -0.15) is 5.10 Å². The average molecular weight is 231 g/mol. The monoisotopic (exact) mass is 231 g/mol. The number of hydrogen-bond acceptors (Lipinski definition) is 4. The van der Waals surface area contributed by atoms with Crippen molar-refractivity contribution in [3.63, 3.8) is 0 Å². The van der Waals surface area contributed by atoms with Crippen molar-refractivity contribution in [2.75, 3.05) is 13.7 Å². The van der Waals surface area contributed by atoms with Crippen LogP contribution < -0.4 is 0 Å². The highest BCUT2D eigenvalue weighted by Gasteiger charge is 2.09. The number of carbonyl (C=O) groups is 1. The van der Waals surface area contributed by atoms with Crippen LogP contribution in [-0.2, 0) is 11.3 Å². The van der Waals surface area contributed by atoms with E-state index in [-0.39, 0.29) is 0 Å². The van der Waals surface area contributed by atoms with Crippen molar-refractivity contribution in [2.24, 2.45) is 0 Å². The van der Waals surface area contributed by atoms with Crippen LogP contribution in [0.3, 0.4) is 0 Å². The molecule has 0 fully saturated rings. The normalized spacial score (nSPS) is 10.4. The summed E-state index contributed by atoms with van der Waals surface area (Å²) in [4.78, 5) is 15.1. The lowest BCUT2D eigenvalue weighted by molar-refractivity contribution is 0.110. The molecule has 5 heteroatoms. The summed E-state index contributed by atoms with van der Waals surface area (Å²) in [6, 6.07) is 9.55. The van der Waals surface area contributed by atoms with Crippen molar-refractivity contribution in [3.05, 3.63) is 36.2 Å². The Morgan fingerprint density at radius 3 is 2.76 bits per heavy atom. The average Bonchev–Trinajstić information content (AvgIpc) is 2.80. The molecule has 0 saturated heterocycles. The van der Waals surface area contributed by atoms with Crippen LogP contribution in [0.25, 0.3) is 11.4 Å². The molecule has 2 rings (SSSR count). The van der Waals surface area contributed by atoms with Crippen molar-refractivity contribution in [3.8, 4) is 11.4 Å². The molecule has 0 saturated carbocycles. The van der Waals surface area contributed by atoms with Gasteiger partial charge in [0.1, 0.15) is 0 Å². The number of aldehydes is 1. The van der Waals surface area contributed by atoms with Gasteiger partial charge in [-0.3, -0.25) is 4.79 Å². The highest BCUT2D eigenvalue weighted by Crippen LogP contribution is 2.14. The molecule has 1 aromatic heterocycles. The maximum atomic E-state index is 10.9. The van der Waals surface area contributed by atoms with Crippen LogP contribution >= 0.6 is 0 Å². The molecule has 0 aliphatic carbocycles. The standard InChI is InChI=1S/C12H13N3O2/c1-17-8-7-15-11(9-16)13-12(14-15)10-5-3-2-4-6-10/h2-6,9H,7-8H2,1H3. The van der Waals surface area contributed by atoms with Gasteiger partial charge in [0.05, 0.1) is 13.2 Å². The van der Waals surface area contributed by atoms with Crippen LogP contribution in [-0.4, -0.2) is 34.8 Å². The predicted molar refractivity (Wildman–Crippen MR) is 62.7 cm³/mol. The Labute approximate surface area is 99.1 Å². The summed E-state index contributed by atoms with van der Waals surface area (Å²) in [5.74, 6) is 0.879. The lowest BCUT2D eigenvalue weighted by Crippen LogP contribution is -2.09. The lowest BCUT2D eigenvalue weighted by atomic mass is 10.2. The summed E-state index contributed by atoms with van der Waals surface area (Å²) in [6.45, 7) is 1.02. The number of carbonyl (C=O) groups excluding carboxylic acids is 1. The van der Waals surface area contributed by atoms with Gasteiger partial charge in [0.25, 0.3) is 0 Å². The predicted octanol–water partition coefficient (Wildman–Crippen LogP) is 1.40. The van der Waals surface area contributed by atoms with E-state index in [0.29, 0.717) is 31.1 Å². The van der Waals surface area contributed by atoms with E-state index in [1.165, 1.54) is 0 Å². The second-order valence-electron chi connectivity index (χ2n) is 3.49. The van der Waals surface area contributed by atoms with E-state index in [9.17, 15) is 4.79 Å². The Kier molecular flexibility index (Phi) is 3.62. The molecule has 0 atom stereocenters. The maximum Gasteiger partial charge on any atom is 0.191 e. The third-order valence-corrected chi connectivity index (χ3v) is 2.34. The molecule has 0 aliphatic rings. The lowest BCUT2D eigenvalue weighted by Gasteiger charge is -1.99. The first-order valence-corrected chi connectivity index (χ1v) is 5.29. The van der Waals surface area contributed by atoms with Gasteiger partial charge in [-0.25, -0.2) is 9.67 Å². The van der Waals surface area contributed by atoms with Gasteiger partial charge in [0.2, 0.25) is 0 Å². The van der Waals surface area contributed by atoms with Crippen molar-refractivity contribution in [1.82, 2.24) is 14.8 Å². The quantitative estimate of drug-likeness (QED) is 0.730. The topological polar surface area (TPSA) is 57.0 Å². The number of hydrogen-bond donors (Lipinski definition) is 0. The maximum absolute atomic E-state index is 10.9. The summed E-state index contributed by atoms with van der Waals surface area (Å²) in [6.07, 6.45) is 0.703. The van der Waals surface area contributed by atoms with Gasteiger partial charge in [-0.1, -0.05) is 30.3 Å². The third-order valence-electron chi connectivity index (χ3n) is 2.34. The second kappa shape index (κ2) is 5.36. The number of benzene rings is 1. The Morgan fingerprint density at radius 1 is 1.35 bits per heavy atom. The Bertz CT molecular complexity index is 494. The van der Waals surface area contributed by atoms with Gasteiger partial charge in [-0.05, 0) is 0 Å². The van der Waals surface area contributed by atoms with Crippen LogP contribution in [0.1, 0.15) is 10.6 Å². The molecule has 0 radical (unpaired) electrons. The summed E-state index contributed by atoms with van der Waals surface area (Å²) in [7, 11) is 1.61. The molecule has 0 unspecified atom stereocenters. The van der Waals surface area contributed by atoms with E-state index in [2.05, 4.69) is 10.1 Å². The number of nitrogens with zero attached hydrogens (tertiary/aromatic N) is 3. The zero-order valence-electron chi connectivity index (χ0n) is 9.54. The summed E-state index contributed by atoms with van der Waals surface area (Å²) >= 11 is 0. The molecular formula is C12H13N3O2. The van der Waals surface area contributed by atoms with Gasteiger partial charge >= 0.3 is 0 Å². The van der Waals surface area contributed by atoms with Crippen molar-refractivity contribution >= 4 is 6.29 Å². The third kappa shape index (κ3) is 2.57. The largest absolute Gasteiger partial charge is 0.383 e. The second-order valence-corrected chi connectivity index (χ2v) is 3.49. The van der Waals surface area contributed by atoms with Crippen molar-refractivity contribution < 1.29 is 9.53 Å². The fourth-order valence-electron chi connectivity index (χ4n) is 1.49. The molecule has 2 aromatic rings. The van der Waals surface area contributed by atoms with Crippen LogP contribution in [0, 0.1) is 0 Å². The van der Waals surface area contributed by atoms with Crippen LogP contribution in [0.4, 0.5) is 0 Å². The number of rotatable bonds is 5.